The normalized spacial score (nSPS) is 19.0. The van der Waals surface area contributed by atoms with Gasteiger partial charge in [0.15, 0.2) is 0 Å². The number of hydrogen-bond donors (Lipinski definition) is 2. The molecule has 0 radical (unpaired) electrons. The first-order valence-electron chi connectivity index (χ1n) is 4.27. The van der Waals surface area contributed by atoms with Crippen LogP contribution in [0.5, 0.6) is 0 Å². The second-order valence-electron chi connectivity index (χ2n) is 2.88. The van der Waals surface area contributed by atoms with Crippen LogP contribution in [-0.4, -0.2) is 26.7 Å². The standard InChI is InChI=1S/C9H16N2/c1-10-6-2-3-9-4-7-11-8-5-9/h9-11H,4-8H2,1H3. The Morgan fingerprint density at radius 1 is 1.45 bits per heavy atom. The summed E-state index contributed by atoms with van der Waals surface area (Å²) in [6.45, 7) is 3.10. The zero-order valence-electron chi connectivity index (χ0n) is 7.11. The lowest BCUT2D eigenvalue weighted by Gasteiger charge is -2.17. The fourth-order valence-corrected chi connectivity index (χ4v) is 1.25. The minimum atomic E-state index is 0.643. The Morgan fingerprint density at radius 3 is 2.82 bits per heavy atom. The van der Waals surface area contributed by atoms with E-state index in [1.54, 1.807) is 0 Å². The second kappa shape index (κ2) is 5.17. The van der Waals surface area contributed by atoms with E-state index in [2.05, 4.69) is 22.5 Å². The fraction of sp³-hybridized carbons (Fsp3) is 0.778. The van der Waals surface area contributed by atoms with Crippen LogP contribution >= 0.6 is 0 Å². The van der Waals surface area contributed by atoms with Gasteiger partial charge in [0.25, 0.3) is 0 Å². The fourth-order valence-electron chi connectivity index (χ4n) is 1.25. The van der Waals surface area contributed by atoms with Crippen molar-refractivity contribution in [1.82, 2.24) is 10.6 Å². The van der Waals surface area contributed by atoms with Crippen LogP contribution in [-0.2, 0) is 0 Å². The molecule has 0 unspecified atom stereocenters. The molecule has 1 fully saturated rings. The van der Waals surface area contributed by atoms with Gasteiger partial charge in [-0.3, -0.25) is 0 Å². The Hall–Kier alpha value is -0.520. The molecule has 0 amide bonds. The predicted molar refractivity (Wildman–Crippen MR) is 47.3 cm³/mol. The molecule has 0 bridgehead atoms. The maximum absolute atomic E-state index is 3.32. The molecule has 2 nitrogen and oxygen atoms in total. The molecule has 0 aromatic rings. The SMILES string of the molecule is CNCC#CC1CCNCC1. The maximum Gasteiger partial charge on any atom is 0.0574 e. The van der Waals surface area contributed by atoms with Gasteiger partial charge < -0.3 is 10.6 Å². The summed E-state index contributed by atoms with van der Waals surface area (Å²) in [5.41, 5.74) is 0. The van der Waals surface area contributed by atoms with E-state index in [4.69, 9.17) is 0 Å². The molecule has 0 atom stereocenters. The quantitative estimate of drug-likeness (QED) is 0.525. The zero-order valence-corrected chi connectivity index (χ0v) is 7.11. The van der Waals surface area contributed by atoms with Gasteiger partial charge in [-0.2, -0.15) is 0 Å². The van der Waals surface area contributed by atoms with Crippen molar-refractivity contribution >= 4 is 0 Å². The lowest BCUT2D eigenvalue weighted by molar-refractivity contribution is 0.447. The molecular weight excluding hydrogens is 136 g/mol. The smallest absolute Gasteiger partial charge is 0.0574 e. The van der Waals surface area contributed by atoms with Crippen molar-refractivity contribution < 1.29 is 0 Å². The van der Waals surface area contributed by atoms with Crippen LogP contribution in [0.4, 0.5) is 0 Å². The topological polar surface area (TPSA) is 24.1 Å². The highest BCUT2D eigenvalue weighted by atomic mass is 14.9. The highest BCUT2D eigenvalue weighted by molar-refractivity contribution is 5.05. The first kappa shape index (κ1) is 8.58. The van der Waals surface area contributed by atoms with Gasteiger partial charge in [0.1, 0.15) is 0 Å². The highest BCUT2D eigenvalue weighted by Gasteiger charge is 2.08. The molecule has 62 valence electrons. The van der Waals surface area contributed by atoms with E-state index in [0.29, 0.717) is 5.92 Å². The second-order valence-corrected chi connectivity index (χ2v) is 2.88. The monoisotopic (exact) mass is 152 g/mol. The summed E-state index contributed by atoms with van der Waals surface area (Å²) in [6, 6.07) is 0. The van der Waals surface area contributed by atoms with Crippen LogP contribution in [0.1, 0.15) is 12.8 Å². The Labute approximate surface area is 68.8 Å². The minimum Gasteiger partial charge on any atom is -0.317 e. The third-order valence-electron chi connectivity index (χ3n) is 1.91. The highest BCUT2D eigenvalue weighted by Crippen LogP contribution is 2.08. The molecule has 11 heavy (non-hydrogen) atoms. The third kappa shape index (κ3) is 3.41. The molecule has 1 rings (SSSR count). The minimum absolute atomic E-state index is 0.643. The van der Waals surface area contributed by atoms with E-state index in [1.165, 1.54) is 12.8 Å². The van der Waals surface area contributed by atoms with Gasteiger partial charge >= 0.3 is 0 Å². The van der Waals surface area contributed by atoms with Crippen molar-refractivity contribution in [3.8, 4) is 11.8 Å². The average molecular weight is 152 g/mol. The van der Waals surface area contributed by atoms with Crippen molar-refractivity contribution in [1.29, 1.82) is 0 Å². The zero-order chi connectivity index (χ0) is 7.94. The molecule has 0 aromatic carbocycles. The van der Waals surface area contributed by atoms with Gasteiger partial charge in [0, 0.05) is 5.92 Å². The molecule has 1 aliphatic rings. The van der Waals surface area contributed by atoms with Crippen LogP contribution in [0.25, 0.3) is 0 Å². The lowest BCUT2D eigenvalue weighted by Crippen LogP contribution is -2.27. The lowest BCUT2D eigenvalue weighted by atomic mass is 9.99. The maximum atomic E-state index is 3.32. The van der Waals surface area contributed by atoms with Crippen LogP contribution in [0, 0.1) is 17.8 Å². The molecule has 0 aromatic heterocycles. The summed E-state index contributed by atoms with van der Waals surface area (Å²) < 4.78 is 0. The summed E-state index contributed by atoms with van der Waals surface area (Å²) in [5.74, 6) is 7.03. The first-order chi connectivity index (χ1) is 5.43. The summed E-state index contributed by atoms with van der Waals surface area (Å²) >= 11 is 0. The van der Waals surface area contributed by atoms with Crippen LogP contribution in [0.15, 0.2) is 0 Å². The van der Waals surface area contributed by atoms with E-state index in [0.717, 1.165) is 19.6 Å². The van der Waals surface area contributed by atoms with Crippen molar-refractivity contribution in [2.24, 2.45) is 5.92 Å². The molecular formula is C9H16N2. The number of rotatable bonds is 1. The van der Waals surface area contributed by atoms with E-state index in [9.17, 15) is 0 Å². The summed E-state index contributed by atoms with van der Waals surface area (Å²) in [5, 5.41) is 6.34. The molecule has 1 saturated heterocycles. The Morgan fingerprint density at radius 2 is 2.18 bits per heavy atom. The van der Waals surface area contributed by atoms with Crippen LogP contribution in [0.2, 0.25) is 0 Å². The molecule has 0 aliphatic carbocycles. The van der Waals surface area contributed by atoms with E-state index in [1.807, 2.05) is 7.05 Å². The summed E-state index contributed by atoms with van der Waals surface area (Å²) in [6.07, 6.45) is 2.44. The van der Waals surface area contributed by atoms with Crippen LogP contribution in [0.3, 0.4) is 0 Å². The van der Waals surface area contributed by atoms with Crippen LogP contribution < -0.4 is 10.6 Å². The number of piperidine rings is 1. The van der Waals surface area contributed by atoms with Gasteiger partial charge in [-0.15, -0.1) is 0 Å². The Balaban J connectivity index is 2.19. The van der Waals surface area contributed by atoms with Gasteiger partial charge in [-0.05, 0) is 33.0 Å². The molecule has 1 aliphatic heterocycles. The average Bonchev–Trinajstić information content (AvgIpc) is 2.07. The van der Waals surface area contributed by atoms with E-state index >= 15 is 0 Å². The largest absolute Gasteiger partial charge is 0.317 e. The molecule has 2 N–H and O–H groups in total. The van der Waals surface area contributed by atoms with Gasteiger partial charge in [0.2, 0.25) is 0 Å². The Kier molecular flexibility index (Phi) is 4.03. The molecule has 0 saturated carbocycles. The van der Waals surface area contributed by atoms with Crippen molar-refractivity contribution in [2.45, 2.75) is 12.8 Å². The van der Waals surface area contributed by atoms with Crippen molar-refractivity contribution in [3.63, 3.8) is 0 Å². The number of nitrogens with one attached hydrogen (secondary N) is 2. The third-order valence-corrected chi connectivity index (χ3v) is 1.91. The summed E-state index contributed by atoms with van der Waals surface area (Å²) in [7, 11) is 1.93. The van der Waals surface area contributed by atoms with Gasteiger partial charge in [-0.1, -0.05) is 11.8 Å². The van der Waals surface area contributed by atoms with E-state index in [-0.39, 0.29) is 0 Å². The predicted octanol–water partition coefficient (Wildman–Crippen LogP) is 0.209. The number of hydrogen-bond acceptors (Lipinski definition) is 2. The molecule has 1 heterocycles. The van der Waals surface area contributed by atoms with Crippen molar-refractivity contribution in [3.05, 3.63) is 0 Å². The molecule has 2 heteroatoms. The van der Waals surface area contributed by atoms with Crippen molar-refractivity contribution in [2.75, 3.05) is 26.7 Å². The van der Waals surface area contributed by atoms with Gasteiger partial charge in [0.05, 0.1) is 6.54 Å². The molecule has 0 spiro atoms. The Bertz CT molecular complexity index is 149. The van der Waals surface area contributed by atoms with E-state index < -0.39 is 0 Å². The van der Waals surface area contributed by atoms with Gasteiger partial charge in [-0.25, -0.2) is 0 Å². The summed E-state index contributed by atoms with van der Waals surface area (Å²) in [4.78, 5) is 0. The first-order valence-corrected chi connectivity index (χ1v) is 4.27.